The average molecular weight is 342 g/mol. The fourth-order valence-electron chi connectivity index (χ4n) is 1.71. The van der Waals surface area contributed by atoms with E-state index < -0.39 is 18.5 Å². The molecule has 0 saturated carbocycles. The van der Waals surface area contributed by atoms with Gasteiger partial charge in [-0.05, 0) is 18.2 Å². The Bertz CT molecular complexity index is 455. The van der Waals surface area contributed by atoms with Crippen molar-refractivity contribution in [2.75, 3.05) is 18.5 Å². The van der Waals surface area contributed by atoms with Gasteiger partial charge in [-0.3, -0.25) is 0 Å². The molecule has 2 rings (SSSR count). The monoisotopic (exact) mass is 341 g/mol. The van der Waals surface area contributed by atoms with Crippen LogP contribution in [0.25, 0.3) is 0 Å². The zero-order valence-corrected chi connectivity index (χ0v) is 11.2. The van der Waals surface area contributed by atoms with Gasteiger partial charge in [0.15, 0.2) is 5.75 Å². The van der Waals surface area contributed by atoms with Crippen molar-refractivity contribution in [3.8, 4) is 5.75 Å². The summed E-state index contributed by atoms with van der Waals surface area (Å²) in [6.07, 6.45) is -5.54. The fraction of sp³-hybridized carbons (Fsp3) is 0.455. The molecule has 2 unspecified atom stereocenters. The lowest BCUT2D eigenvalue weighted by Crippen LogP contribution is -2.32. The van der Waals surface area contributed by atoms with Crippen molar-refractivity contribution in [2.45, 2.75) is 18.5 Å². The van der Waals surface area contributed by atoms with Crippen LogP contribution in [-0.2, 0) is 4.74 Å². The number of ether oxygens (including phenoxy) is 2. The Labute approximate surface area is 115 Å². The Kier molecular flexibility index (Phi) is 4.22. The van der Waals surface area contributed by atoms with Crippen molar-refractivity contribution in [1.82, 2.24) is 0 Å². The van der Waals surface area contributed by atoms with Gasteiger partial charge in [0.1, 0.15) is 0 Å². The molecule has 106 valence electrons. The number of halogens is 4. The quantitative estimate of drug-likeness (QED) is 0.886. The lowest BCUT2D eigenvalue weighted by molar-refractivity contribution is -0.274. The molecular weight excluding hydrogens is 331 g/mol. The summed E-state index contributed by atoms with van der Waals surface area (Å²) in [5, 5.41) is 12.4. The minimum Gasteiger partial charge on any atom is -0.404 e. The van der Waals surface area contributed by atoms with Crippen LogP contribution in [0.3, 0.4) is 0 Å². The highest BCUT2D eigenvalue weighted by Gasteiger charge is 2.33. The Hall–Kier alpha value is -0.990. The number of hydrogen-bond donors (Lipinski definition) is 2. The molecule has 2 N–H and O–H groups in total. The van der Waals surface area contributed by atoms with Crippen molar-refractivity contribution >= 4 is 21.6 Å². The first-order chi connectivity index (χ1) is 8.85. The second-order valence-corrected chi connectivity index (χ2v) is 4.96. The predicted octanol–water partition coefficient (Wildman–Crippen LogP) is 2.52. The number of rotatable bonds is 3. The van der Waals surface area contributed by atoms with Gasteiger partial charge in [-0.25, -0.2) is 0 Å². The van der Waals surface area contributed by atoms with Gasteiger partial charge >= 0.3 is 6.36 Å². The molecule has 0 spiro atoms. The third kappa shape index (κ3) is 3.99. The first-order valence-corrected chi connectivity index (χ1v) is 6.22. The summed E-state index contributed by atoms with van der Waals surface area (Å²) in [4.78, 5) is 0. The number of anilines is 1. The summed E-state index contributed by atoms with van der Waals surface area (Å²) in [6, 6.07) is 3.76. The number of alkyl halides is 3. The van der Waals surface area contributed by atoms with Crippen molar-refractivity contribution in [2.24, 2.45) is 0 Å². The first kappa shape index (κ1) is 14.4. The van der Waals surface area contributed by atoms with Gasteiger partial charge in [0.25, 0.3) is 0 Å². The summed E-state index contributed by atoms with van der Waals surface area (Å²) in [6.45, 7) is 0.381. The molecular formula is C11H11BrF3NO3. The van der Waals surface area contributed by atoms with E-state index in [1.165, 1.54) is 12.1 Å². The number of aliphatic hydroxyl groups is 1. The zero-order valence-electron chi connectivity index (χ0n) is 9.58. The van der Waals surface area contributed by atoms with Crippen molar-refractivity contribution in [3.05, 3.63) is 22.7 Å². The minimum absolute atomic E-state index is 0.148. The van der Waals surface area contributed by atoms with Gasteiger partial charge in [0.2, 0.25) is 0 Å². The maximum atomic E-state index is 12.3. The number of hydrogen-bond acceptors (Lipinski definition) is 4. The van der Waals surface area contributed by atoms with Crippen LogP contribution in [0.4, 0.5) is 18.9 Å². The molecule has 4 nitrogen and oxygen atoms in total. The van der Waals surface area contributed by atoms with E-state index in [0.29, 0.717) is 4.47 Å². The van der Waals surface area contributed by atoms with E-state index in [9.17, 15) is 18.3 Å². The molecule has 0 radical (unpaired) electrons. The molecule has 1 fully saturated rings. The van der Waals surface area contributed by atoms with Crippen LogP contribution in [-0.4, -0.2) is 36.8 Å². The van der Waals surface area contributed by atoms with E-state index in [-0.39, 0.29) is 24.7 Å². The third-order valence-corrected chi connectivity index (χ3v) is 3.05. The normalized spacial score (nSPS) is 23.4. The van der Waals surface area contributed by atoms with Gasteiger partial charge < -0.3 is 19.9 Å². The van der Waals surface area contributed by atoms with Gasteiger partial charge in [0, 0.05) is 4.47 Å². The third-order valence-electron chi connectivity index (χ3n) is 2.56. The van der Waals surface area contributed by atoms with Gasteiger partial charge in [-0.15, -0.1) is 13.2 Å². The van der Waals surface area contributed by atoms with Crippen LogP contribution in [0.5, 0.6) is 5.75 Å². The predicted molar refractivity (Wildman–Crippen MR) is 65.1 cm³/mol. The van der Waals surface area contributed by atoms with Gasteiger partial charge in [0.05, 0.1) is 31.0 Å². The van der Waals surface area contributed by atoms with Gasteiger partial charge in [-0.1, -0.05) is 15.9 Å². The summed E-state index contributed by atoms with van der Waals surface area (Å²) in [7, 11) is 0. The maximum Gasteiger partial charge on any atom is 0.573 e. The van der Waals surface area contributed by atoms with Crippen molar-refractivity contribution in [1.29, 1.82) is 0 Å². The molecule has 0 amide bonds. The molecule has 1 saturated heterocycles. The summed E-state index contributed by atoms with van der Waals surface area (Å²) in [5.41, 5.74) is 0.148. The Morgan fingerprint density at radius 2 is 2.11 bits per heavy atom. The lowest BCUT2D eigenvalue weighted by Gasteiger charge is -2.19. The van der Waals surface area contributed by atoms with E-state index in [1.807, 2.05) is 0 Å². The average Bonchev–Trinajstić information content (AvgIpc) is 2.66. The van der Waals surface area contributed by atoms with E-state index >= 15 is 0 Å². The number of benzene rings is 1. The smallest absolute Gasteiger partial charge is 0.404 e. The molecule has 0 aromatic heterocycles. The largest absolute Gasteiger partial charge is 0.573 e. The lowest BCUT2D eigenvalue weighted by atomic mass is 10.2. The molecule has 1 aliphatic rings. The van der Waals surface area contributed by atoms with E-state index in [0.717, 1.165) is 0 Å². The first-order valence-electron chi connectivity index (χ1n) is 5.43. The molecule has 0 bridgehead atoms. The molecule has 1 aromatic rings. The molecule has 2 atom stereocenters. The maximum absolute atomic E-state index is 12.3. The molecule has 8 heteroatoms. The molecule has 1 heterocycles. The summed E-state index contributed by atoms with van der Waals surface area (Å²) in [5.74, 6) is -0.360. The van der Waals surface area contributed by atoms with E-state index in [4.69, 9.17) is 4.74 Å². The highest BCUT2D eigenvalue weighted by Crippen LogP contribution is 2.33. The second kappa shape index (κ2) is 5.56. The Morgan fingerprint density at radius 3 is 2.68 bits per heavy atom. The highest BCUT2D eigenvalue weighted by atomic mass is 79.9. The molecule has 1 aromatic carbocycles. The zero-order chi connectivity index (χ0) is 14.0. The van der Waals surface area contributed by atoms with Crippen molar-refractivity contribution < 1.29 is 27.8 Å². The summed E-state index contributed by atoms with van der Waals surface area (Å²) >= 11 is 3.08. The fourth-order valence-corrected chi connectivity index (χ4v) is 2.05. The standard InChI is InChI=1S/C11H11BrF3NO3/c12-6-1-2-7(10(3-6)19-11(13,14)15)16-8-4-18-5-9(8)17/h1-3,8-9,16-17H,4-5H2. The van der Waals surface area contributed by atoms with Crippen molar-refractivity contribution in [3.63, 3.8) is 0 Å². The number of nitrogens with one attached hydrogen (secondary N) is 1. The Morgan fingerprint density at radius 1 is 1.37 bits per heavy atom. The van der Waals surface area contributed by atoms with Crippen LogP contribution in [0.2, 0.25) is 0 Å². The van der Waals surface area contributed by atoms with Crippen LogP contribution in [0.1, 0.15) is 0 Å². The topological polar surface area (TPSA) is 50.7 Å². The number of aliphatic hydroxyl groups excluding tert-OH is 1. The molecule has 19 heavy (non-hydrogen) atoms. The Balaban J connectivity index is 2.19. The van der Waals surface area contributed by atoms with Crippen LogP contribution in [0.15, 0.2) is 22.7 Å². The van der Waals surface area contributed by atoms with Gasteiger partial charge in [-0.2, -0.15) is 0 Å². The second-order valence-electron chi connectivity index (χ2n) is 4.04. The highest BCUT2D eigenvalue weighted by molar-refractivity contribution is 9.10. The van der Waals surface area contributed by atoms with Crippen LogP contribution >= 0.6 is 15.9 Å². The summed E-state index contributed by atoms with van der Waals surface area (Å²) < 4.78 is 46.3. The minimum atomic E-state index is -4.78. The van der Waals surface area contributed by atoms with E-state index in [2.05, 4.69) is 26.0 Å². The molecule has 1 aliphatic heterocycles. The molecule has 0 aliphatic carbocycles. The van der Waals surface area contributed by atoms with Crippen LogP contribution < -0.4 is 10.1 Å². The van der Waals surface area contributed by atoms with Crippen LogP contribution in [0, 0.1) is 0 Å². The SMILES string of the molecule is OC1COCC1Nc1ccc(Br)cc1OC(F)(F)F. The van der Waals surface area contributed by atoms with E-state index in [1.54, 1.807) is 6.07 Å².